The number of nitrogens with two attached hydrogens (primary N) is 1. The van der Waals surface area contributed by atoms with Crippen LogP contribution in [0.4, 0.5) is 0 Å². The summed E-state index contributed by atoms with van der Waals surface area (Å²) < 4.78 is 17.6. The lowest BCUT2D eigenvalue weighted by atomic mass is 9.77. The fourth-order valence-corrected chi connectivity index (χ4v) is 2.86. The van der Waals surface area contributed by atoms with E-state index in [4.69, 9.17) is 19.8 Å². The van der Waals surface area contributed by atoms with Crippen molar-refractivity contribution in [1.82, 2.24) is 0 Å². The van der Waals surface area contributed by atoms with Gasteiger partial charge in [0.2, 0.25) is 0 Å². The molecule has 5 nitrogen and oxygen atoms in total. The van der Waals surface area contributed by atoms with Crippen LogP contribution in [0, 0.1) is 5.92 Å². The van der Waals surface area contributed by atoms with E-state index in [1.807, 2.05) is 41.5 Å². The lowest BCUT2D eigenvalue weighted by molar-refractivity contribution is -0.156. The van der Waals surface area contributed by atoms with Crippen molar-refractivity contribution in [3.05, 3.63) is 0 Å². The molecule has 0 saturated carbocycles. The smallest absolute Gasteiger partial charge is 0.460 e. The number of carbonyl (C=O) groups excluding carboxylic acids is 1. The molecule has 24 heavy (non-hydrogen) atoms. The van der Waals surface area contributed by atoms with E-state index in [-0.39, 0.29) is 24.9 Å². The number of hydrogen-bond donors (Lipinski definition) is 1. The number of rotatable bonds is 7. The van der Waals surface area contributed by atoms with Gasteiger partial charge in [-0.25, -0.2) is 0 Å². The van der Waals surface area contributed by atoms with E-state index in [9.17, 15) is 4.79 Å². The van der Waals surface area contributed by atoms with Gasteiger partial charge in [0, 0.05) is 12.4 Å². The van der Waals surface area contributed by atoms with Crippen molar-refractivity contribution in [1.29, 1.82) is 0 Å². The molecule has 1 aliphatic rings. The number of ether oxygens (including phenoxy) is 1. The number of hydrogen-bond acceptors (Lipinski definition) is 5. The molecule has 3 unspecified atom stereocenters. The molecule has 0 amide bonds. The second-order valence-corrected chi connectivity index (χ2v) is 8.85. The van der Waals surface area contributed by atoms with Crippen molar-refractivity contribution >= 4 is 13.1 Å². The van der Waals surface area contributed by atoms with E-state index < -0.39 is 16.8 Å². The van der Waals surface area contributed by atoms with Gasteiger partial charge < -0.3 is 19.8 Å². The number of carbonyl (C=O) groups is 1. The maximum Gasteiger partial charge on any atom is 0.475 e. The fourth-order valence-electron chi connectivity index (χ4n) is 2.86. The average molecular weight is 341 g/mol. The molecule has 0 aromatic heterocycles. The first-order chi connectivity index (χ1) is 10.8. The van der Waals surface area contributed by atoms with Crippen LogP contribution in [0.2, 0.25) is 0 Å². The van der Waals surface area contributed by atoms with Crippen molar-refractivity contribution in [2.75, 3.05) is 0 Å². The zero-order valence-corrected chi connectivity index (χ0v) is 16.8. The molecule has 0 aromatic carbocycles. The van der Waals surface area contributed by atoms with Crippen LogP contribution < -0.4 is 5.73 Å². The summed E-state index contributed by atoms with van der Waals surface area (Å²) in [5.74, 6) is -0.0332. The van der Waals surface area contributed by atoms with Crippen molar-refractivity contribution in [2.45, 2.75) is 104 Å². The first-order valence-corrected chi connectivity index (χ1v) is 9.13. The third-order valence-electron chi connectivity index (χ3n) is 4.93. The Labute approximate surface area is 148 Å². The highest BCUT2D eigenvalue weighted by atomic mass is 16.7. The zero-order valence-electron chi connectivity index (χ0n) is 16.8. The quantitative estimate of drug-likeness (QED) is 0.567. The summed E-state index contributed by atoms with van der Waals surface area (Å²) in [5.41, 5.74) is 4.84. The van der Waals surface area contributed by atoms with Crippen LogP contribution in [0.5, 0.6) is 0 Å². The maximum absolute atomic E-state index is 12.0. The SMILES string of the molecule is CCC(N)B1OC(C)(C)C(C)(CCC(C)CC(=O)OC(C)(C)C)O1. The van der Waals surface area contributed by atoms with Crippen molar-refractivity contribution in [3.8, 4) is 0 Å². The molecule has 1 saturated heterocycles. The van der Waals surface area contributed by atoms with Crippen LogP contribution in [-0.4, -0.2) is 35.8 Å². The zero-order chi connectivity index (χ0) is 18.8. The van der Waals surface area contributed by atoms with Gasteiger partial charge in [0.15, 0.2) is 0 Å². The molecular weight excluding hydrogens is 305 g/mol. The van der Waals surface area contributed by atoms with Gasteiger partial charge in [0.25, 0.3) is 0 Å². The molecule has 3 atom stereocenters. The lowest BCUT2D eigenvalue weighted by Gasteiger charge is -2.37. The maximum atomic E-state index is 12.0. The van der Waals surface area contributed by atoms with Crippen molar-refractivity contribution in [2.24, 2.45) is 11.7 Å². The standard InChI is InChI=1S/C18H36BNO4/c1-9-14(20)19-23-17(6,7)18(8,24-19)11-10-13(2)12-15(21)22-16(3,4)5/h13-14H,9-12,20H2,1-8H3. The lowest BCUT2D eigenvalue weighted by Crippen LogP contribution is -2.45. The first-order valence-electron chi connectivity index (χ1n) is 9.13. The minimum atomic E-state index is -0.434. The highest BCUT2D eigenvalue weighted by molar-refractivity contribution is 6.47. The topological polar surface area (TPSA) is 70.8 Å². The van der Waals surface area contributed by atoms with Crippen molar-refractivity contribution < 1.29 is 18.8 Å². The average Bonchev–Trinajstić information content (AvgIpc) is 2.64. The molecular formula is C18H36BNO4. The summed E-state index contributed by atoms with van der Waals surface area (Å²) in [6, 6.07) is 0. The summed E-state index contributed by atoms with van der Waals surface area (Å²) in [6.07, 6.45) is 2.92. The Balaban J connectivity index is 2.57. The van der Waals surface area contributed by atoms with Crippen LogP contribution in [0.15, 0.2) is 0 Å². The third-order valence-corrected chi connectivity index (χ3v) is 4.93. The number of esters is 1. The van der Waals surface area contributed by atoms with Gasteiger partial charge in [-0.2, -0.15) is 0 Å². The predicted octanol–water partition coefficient (Wildman–Crippen LogP) is 3.48. The van der Waals surface area contributed by atoms with Gasteiger partial charge in [-0.05, 0) is 66.7 Å². The summed E-state index contributed by atoms with van der Waals surface area (Å²) in [4.78, 5) is 12.0. The predicted molar refractivity (Wildman–Crippen MR) is 97.5 cm³/mol. The minimum Gasteiger partial charge on any atom is -0.460 e. The van der Waals surface area contributed by atoms with Gasteiger partial charge in [-0.1, -0.05) is 13.8 Å². The Morgan fingerprint density at radius 2 is 1.83 bits per heavy atom. The molecule has 0 aliphatic carbocycles. The van der Waals surface area contributed by atoms with Gasteiger partial charge >= 0.3 is 13.1 Å². The molecule has 1 rings (SSSR count). The van der Waals surface area contributed by atoms with E-state index in [1.54, 1.807) is 0 Å². The fraction of sp³-hybridized carbons (Fsp3) is 0.944. The Kier molecular flexibility index (Phi) is 6.93. The minimum absolute atomic E-state index is 0.120. The highest BCUT2D eigenvalue weighted by Gasteiger charge is 2.55. The van der Waals surface area contributed by atoms with Crippen LogP contribution >= 0.6 is 0 Å². The molecule has 140 valence electrons. The molecule has 0 radical (unpaired) electrons. The molecule has 1 fully saturated rings. The highest BCUT2D eigenvalue weighted by Crippen LogP contribution is 2.42. The van der Waals surface area contributed by atoms with Crippen LogP contribution in [-0.2, 0) is 18.8 Å². The van der Waals surface area contributed by atoms with Gasteiger partial charge in [-0.15, -0.1) is 0 Å². The molecule has 0 bridgehead atoms. The summed E-state index contributed by atoms with van der Waals surface area (Å²) in [5, 5.41) is 0. The molecule has 1 aliphatic heterocycles. The van der Waals surface area contributed by atoms with Gasteiger partial charge in [0.05, 0.1) is 11.2 Å². The Morgan fingerprint density at radius 3 is 2.33 bits per heavy atom. The van der Waals surface area contributed by atoms with E-state index in [2.05, 4.69) is 13.8 Å². The molecule has 1 heterocycles. The Bertz CT molecular complexity index is 435. The monoisotopic (exact) mass is 341 g/mol. The summed E-state index contributed by atoms with van der Waals surface area (Å²) in [7, 11) is -0.365. The van der Waals surface area contributed by atoms with E-state index in [0.29, 0.717) is 6.42 Å². The van der Waals surface area contributed by atoms with E-state index >= 15 is 0 Å². The first kappa shape index (κ1) is 21.5. The van der Waals surface area contributed by atoms with Gasteiger partial charge in [0.1, 0.15) is 5.60 Å². The van der Waals surface area contributed by atoms with Crippen LogP contribution in [0.1, 0.15) is 81.1 Å². The second-order valence-electron chi connectivity index (χ2n) is 8.85. The van der Waals surface area contributed by atoms with E-state index in [1.165, 1.54) is 0 Å². The normalized spacial score (nSPS) is 26.3. The summed E-state index contributed by atoms with van der Waals surface area (Å²) in [6.45, 7) is 15.9. The second kappa shape index (κ2) is 7.75. The van der Waals surface area contributed by atoms with Gasteiger partial charge in [-0.3, -0.25) is 4.79 Å². The Hall–Kier alpha value is -0.585. The largest absolute Gasteiger partial charge is 0.475 e. The molecule has 0 aromatic rings. The molecule has 2 N–H and O–H groups in total. The summed E-state index contributed by atoms with van der Waals surface area (Å²) >= 11 is 0. The van der Waals surface area contributed by atoms with Crippen LogP contribution in [0.25, 0.3) is 0 Å². The molecule has 0 spiro atoms. The van der Waals surface area contributed by atoms with Crippen LogP contribution in [0.3, 0.4) is 0 Å². The van der Waals surface area contributed by atoms with Crippen molar-refractivity contribution in [3.63, 3.8) is 0 Å². The molecule has 6 heteroatoms. The Morgan fingerprint density at radius 1 is 1.25 bits per heavy atom. The third kappa shape index (κ3) is 5.75. The van der Waals surface area contributed by atoms with E-state index in [0.717, 1.165) is 19.3 Å².